The van der Waals surface area contributed by atoms with Crippen LogP contribution in [0.5, 0.6) is 0 Å². The molecule has 0 saturated carbocycles. The molecule has 0 aliphatic heterocycles. The van der Waals surface area contributed by atoms with Gasteiger partial charge in [-0.15, -0.1) is 0 Å². The van der Waals surface area contributed by atoms with Crippen molar-refractivity contribution < 1.29 is 95.4 Å². The predicted molar refractivity (Wildman–Crippen MR) is 6.40 cm³/mol. The summed E-state index contributed by atoms with van der Waals surface area (Å²) in [7, 11) is 0. The van der Waals surface area contributed by atoms with Gasteiger partial charge in [0.25, 0.3) is 0 Å². The average Bonchev–Trinajstić information content (AvgIpc) is 0. The number of hydrogen-bond acceptors (Lipinski definition) is 0. The maximum Gasteiger partial charge on any atom is 1.00 e. The SMILES string of the molecule is O.[ClH2+].[I-].[I-].[Na+]. The van der Waals surface area contributed by atoms with E-state index in [2.05, 4.69) is 0 Å². The Morgan fingerprint density at radius 1 is 0.800 bits per heavy atom. The first-order chi connectivity index (χ1) is 0. The van der Waals surface area contributed by atoms with Crippen LogP contribution in [0.3, 0.4) is 0 Å². The van der Waals surface area contributed by atoms with E-state index in [0.717, 1.165) is 0 Å². The quantitative estimate of drug-likeness (QED) is 0.312. The Balaban J connectivity index is 0. The molecule has 1 nitrogen and oxygen atoms in total. The summed E-state index contributed by atoms with van der Waals surface area (Å²) >= 11 is 0. The minimum atomic E-state index is 0. The third-order valence-electron chi connectivity index (χ3n) is 0. The van der Waals surface area contributed by atoms with Crippen LogP contribution in [0.2, 0.25) is 0 Å². The number of halogens is 3. The molecule has 0 amide bonds. The molecule has 0 heterocycles. The Kier molecular flexibility index (Phi) is 282. The molecular formula is H4ClI2NaO. The van der Waals surface area contributed by atoms with E-state index in [1.54, 1.807) is 0 Å². The monoisotopic (exact) mass is 332 g/mol. The fourth-order valence-corrected chi connectivity index (χ4v) is 0. The van der Waals surface area contributed by atoms with Crippen LogP contribution >= 0.6 is 0 Å². The molecule has 0 atom stereocenters. The van der Waals surface area contributed by atoms with Crippen LogP contribution in [-0.4, -0.2) is 5.48 Å². The van der Waals surface area contributed by atoms with Crippen molar-refractivity contribution in [2.24, 2.45) is 0 Å². The Morgan fingerprint density at radius 3 is 0.800 bits per heavy atom. The molecule has 2 N–H and O–H groups in total. The second-order valence-electron chi connectivity index (χ2n) is 0. The summed E-state index contributed by atoms with van der Waals surface area (Å²) < 4.78 is 0. The third kappa shape index (κ3) is 20.3. The summed E-state index contributed by atoms with van der Waals surface area (Å²) in [4.78, 5) is 0. The maximum atomic E-state index is 0. The standard InChI is InChI=1S/ClH2.2HI.Na.H2O/h1H2;2*1H;;1H2/q+1;;;+1;/p-2. The molecule has 0 fully saturated rings. The normalized spacial score (nSPS) is 0. The van der Waals surface area contributed by atoms with Gasteiger partial charge in [-0.05, 0) is 0 Å². The number of hydrogen-bond donors (Lipinski definition) is 0. The van der Waals surface area contributed by atoms with Crippen molar-refractivity contribution in [3.05, 3.63) is 0 Å². The zero-order chi connectivity index (χ0) is 0. The zero-order valence-electron chi connectivity index (χ0n) is 2.70. The van der Waals surface area contributed by atoms with Gasteiger partial charge in [0.2, 0.25) is 0 Å². The van der Waals surface area contributed by atoms with E-state index in [1.165, 1.54) is 0 Å². The smallest absolute Gasteiger partial charge is 1.00 e. The zero-order valence-corrected chi connectivity index (χ0v) is 9.91. The van der Waals surface area contributed by atoms with Crippen LogP contribution < -0.4 is 77.5 Å². The van der Waals surface area contributed by atoms with E-state index in [-0.39, 0.29) is 95.4 Å². The summed E-state index contributed by atoms with van der Waals surface area (Å²) in [5.41, 5.74) is 0. The van der Waals surface area contributed by atoms with Crippen LogP contribution in [0.4, 0.5) is 0 Å². The topological polar surface area (TPSA) is 31.5 Å². The van der Waals surface area contributed by atoms with Gasteiger partial charge >= 0.3 is 29.6 Å². The van der Waals surface area contributed by atoms with Gasteiger partial charge < -0.3 is 53.4 Å². The fourth-order valence-electron chi connectivity index (χ4n) is 0. The van der Waals surface area contributed by atoms with Crippen LogP contribution in [0.15, 0.2) is 0 Å². The molecule has 0 saturated heterocycles. The van der Waals surface area contributed by atoms with Crippen molar-refractivity contribution in [3.8, 4) is 0 Å². The summed E-state index contributed by atoms with van der Waals surface area (Å²) in [5.74, 6) is 0. The molecule has 0 aliphatic carbocycles. The van der Waals surface area contributed by atoms with Gasteiger partial charge in [-0.25, -0.2) is 0 Å². The predicted octanol–water partition coefficient (Wildman–Crippen LogP) is -10.3. The molecule has 5 heavy (non-hydrogen) atoms. The molecule has 0 unspecified atom stereocenters. The maximum absolute atomic E-state index is 0. The minimum Gasteiger partial charge on any atom is -1.00 e. The Hall–Kier alpha value is 2.71. The summed E-state index contributed by atoms with van der Waals surface area (Å²) in [6.45, 7) is 0. The molecule has 0 spiro atoms. The third-order valence-corrected chi connectivity index (χ3v) is 0. The van der Waals surface area contributed by atoms with E-state index in [1.807, 2.05) is 0 Å². The second-order valence-corrected chi connectivity index (χ2v) is 0. The van der Waals surface area contributed by atoms with Crippen LogP contribution in [-0.2, 0) is 0 Å². The summed E-state index contributed by atoms with van der Waals surface area (Å²) in [5, 5.41) is 0. The van der Waals surface area contributed by atoms with Crippen molar-refractivity contribution in [1.29, 1.82) is 0 Å². The van der Waals surface area contributed by atoms with E-state index in [0.29, 0.717) is 0 Å². The molecule has 32 valence electrons. The Labute approximate surface area is 93.7 Å². The van der Waals surface area contributed by atoms with E-state index in [9.17, 15) is 0 Å². The van der Waals surface area contributed by atoms with Crippen LogP contribution in [0.25, 0.3) is 0 Å². The Bertz CT molecular complexity index is 9.61. The van der Waals surface area contributed by atoms with Gasteiger partial charge in [0.05, 0.1) is 12.4 Å². The summed E-state index contributed by atoms with van der Waals surface area (Å²) in [6, 6.07) is 0. The molecule has 0 rings (SSSR count). The van der Waals surface area contributed by atoms with E-state index in [4.69, 9.17) is 0 Å². The van der Waals surface area contributed by atoms with E-state index < -0.39 is 0 Å². The molecule has 0 aliphatic rings. The fraction of sp³-hybridized carbons (Fsp3) is 0. The summed E-state index contributed by atoms with van der Waals surface area (Å²) in [6.07, 6.45) is 0. The van der Waals surface area contributed by atoms with Crippen LogP contribution in [0, 0.1) is 12.4 Å². The van der Waals surface area contributed by atoms with Crippen molar-refractivity contribution in [1.82, 2.24) is 0 Å². The first kappa shape index (κ1) is 47.3. The molecular weight excluding hydrogens is 328 g/mol. The first-order valence-electron chi connectivity index (χ1n) is 0. The van der Waals surface area contributed by atoms with E-state index >= 15 is 0 Å². The molecule has 0 aromatic heterocycles. The van der Waals surface area contributed by atoms with Crippen molar-refractivity contribution in [2.75, 3.05) is 0 Å². The second kappa shape index (κ2) is 29.8. The van der Waals surface area contributed by atoms with Gasteiger partial charge in [0.15, 0.2) is 0 Å². The molecule has 5 heteroatoms. The van der Waals surface area contributed by atoms with Gasteiger partial charge in [-0.3, -0.25) is 0 Å². The van der Waals surface area contributed by atoms with Crippen molar-refractivity contribution in [2.45, 2.75) is 0 Å². The van der Waals surface area contributed by atoms with Crippen molar-refractivity contribution >= 4 is 0 Å². The van der Waals surface area contributed by atoms with Crippen molar-refractivity contribution in [3.63, 3.8) is 0 Å². The van der Waals surface area contributed by atoms with Gasteiger partial charge in [0, 0.05) is 0 Å². The molecule has 0 bridgehead atoms. The number of rotatable bonds is 0. The van der Waals surface area contributed by atoms with Crippen LogP contribution in [0.1, 0.15) is 0 Å². The van der Waals surface area contributed by atoms with Gasteiger partial charge in [0.1, 0.15) is 0 Å². The largest absolute Gasteiger partial charge is 1.00 e. The average molecular weight is 332 g/mol. The molecule has 0 aromatic rings. The van der Waals surface area contributed by atoms with Gasteiger partial charge in [-0.2, -0.15) is 0 Å². The Morgan fingerprint density at radius 2 is 0.800 bits per heavy atom. The minimum absolute atomic E-state index is 0. The molecule has 0 aromatic carbocycles. The first-order valence-corrected chi connectivity index (χ1v) is 0. The molecule has 0 radical (unpaired) electrons. The van der Waals surface area contributed by atoms with Gasteiger partial charge in [-0.1, -0.05) is 0 Å².